The SMILES string of the molecule is CC(OC(=O)c1ccc(Cl)cc1F)C(=O)Nc1nc(-c2ccccc2)cs1. The predicted molar refractivity (Wildman–Crippen MR) is 102 cm³/mol. The van der Waals surface area contributed by atoms with E-state index in [-0.39, 0.29) is 10.6 Å². The van der Waals surface area contributed by atoms with Crippen molar-refractivity contribution in [1.82, 2.24) is 4.98 Å². The number of benzene rings is 2. The largest absolute Gasteiger partial charge is 0.449 e. The van der Waals surface area contributed by atoms with Gasteiger partial charge in [-0.15, -0.1) is 11.3 Å². The second-order valence-corrected chi connectivity index (χ2v) is 6.86. The van der Waals surface area contributed by atoms with Crippen molar-refractivity contribution >= 4 is 39.9 Å². The fourth-order valence-electron chi connectivity index (χ4n) is 2.21. The molecule has 1 N–H and O–H groups in total. The van der Waals surface area contributed by atoms with Gasteiger partial charge in [0.05, 0.1) is 11.3 Å². The number of hydrogen-bond acceptors (Lipinski definition) is 5. The zero-order valence-corrected chi connectivity index (χ0v) is 15.7. The quantitative estimate of drug-likeness (QED) is 0.621. The van der Waals surface area contributed by atoms with Crippen molar-refractivity contribution in [1.29, 1.82) is 0 Å². The van der Waals surface area contributed by atoms with Gasteiger partial charge in [0.2, 0.25) is 0 Å². The molecular formula is C19H14ClFN2O3S. The third-order valence-electron chi connectivity index (χ3n) is 3.61. The van der Waals surface area contributed by atoms with E-state index < -0.39 is 23.8 Å². The topological polar surface area (TPSA) is 68.3 Å². The van der Waals surface area contributed by atoms with Crippen LogP contribution in [0.3, 0.4) is 0 Å². The standard InChI is InChI=1S/C19H14ClFN2O3S/c1-11(26-18(25)14-8-7-13(20)9-15(14)21)17(24)23-19-22-16(10-27-19)12-5-3-2-4-6-12/h2-11H,1H3,(H,22,23,24). The van der Waals surface area contributed by atoms with E-state index in [1.807, 2.05) is 35.7 Å². The maximum atomic E-state index is 13.8. The van der Waals surface area contributed by atoms with E-state index in [4.69, 9.17) is 16.3 Å². The van der Waals surface area contributed by atoms with E-state index in [0.717, 1.165) is 17.3 Å². The molecule has 1 heterocycles. The summed E-state index contributed by atoms with van der Waals surface area (Å²) in [6.07, 6.45) is -1.13. The number of carbonyl (C=O) groups excluding carboxylic acids is 2. The van der Waals surface area contributed by atoms with Gasteiger partial charge in [0.25, 0.3) is 5.91 Å². The van der Waals surface area contributed by atoms with Crippen LogP contribution in [0.2, 0.25) is 5.02 Å². The molecule has 0 radical (unpaired) electrons. The van der Waals surface area contributed by atoms with Crippen LogP contribution in [0.15, 0.2) is 53.9 Å². The first-order valence-corrected chi connectivity index (χ1v) is 9.17. The minimum Gasteiger partial charge on any atom is -0.449 e. The number of anilines is 1. The first-order chi connectivity index (χ1) is 12.9. The fourth-order valence-corrected chi connectivity index (χ4v) is 3.09. The molecule has 1 aromatic heterocycles. The number of halogens is 2. The summed E-state index contributed by atoms with van der Waals surface area (Å²) in [5.74, 6) is -2.32. The van der Waals surface area contributed by atoms with Gasteiger partial charge in [-0.1, -0.05) is 41.9 Å². The van der Waals surface area contributed by atoms with Crippen LogP contribution < -0.4 is 5.32 Å². The molecular weight excluding hydrogens is 391 g/mol. The minimum atomic E-state index is -1.13. The van der Waals surface area contributed by atoms with Crippen LogP contribution in [0.1, 0.15) is 17.3 Å². The van der Waals surface area contributed by atoms with Gasteiger partial charge in [0.1, 0.15) is 5.82 Å². The minimum absolute atomic E-state index is 0.160. The van der Waals surface area contributed by atoms with E-state index in [1.165, 1.54) is 30.4 Å². The molecule has 5 nitrogen and oxygen atoms in total. The van der Waals surface area contributed by atoms with Gasteiger partial charge in [-0.25, -0.2) is 14.2 Å². The Morgan fingerprint density at radius 3 is 2.67 bits per heavy atom. The molecule has 0 saturated carbocycles. The van der Waals surface area contributed by atoms with Gasteiger partial charge in [0.15, 0.2) is 11.2 Å². The van der Waals surface area contributed by atoms with Crippen LogP contribution in [0.4, 0.5) is 9.52 Å². The molecule has 1 amide bonds. The monoisotopic (exact) mass is 404 g/mol. The Kier molecular flexibility index (Phi) is 5.83. The van der Waals surface area contributed by atoms with Gasteiger partial charge in [0, 0.05) is 16.0 Å². The lowest BCUT2D eigenvalue weighted by Crippen LogP contribution is -2.30. The number of amides is 1. The average molecular weight is 405 g/mol. The van der Waals surface area contributed by atoms with E-state index >= 15 is 0 Å². The number of nitrogens with one attached hydrogen (secondary N) is 1. The average Bonchev–Trinajstić information content (AvgIpc) is 3.10. The van der Waals surface area contributed by atoms with Crippen LogP contribution in [0.5, 0.6) is 0 Å². The fraction of sp³-hybridized carbons (Fsp3) is 0.105. The molecule has 3 aromatic rings. The van der Waals surface area contributed by atoms with E-state index in [1.54, 1.807) is 0 Å². The third-order valence-corrected chi connectivity index (χ3v) is 4.60. The second kappa shape index (κ2) is 8.28. The van der Waals surface area contributed by atoms with Crippen molar-refractivity contribution in [3.05, 3.63) is 70.3 Å². The molecule has 0 aliphatic rings. The van der Waals surface area contributed by atoms with Crippen molar-refractivity contribution in [3.8, 4) is 11.3 Å². The lowest BCUT2D eigenvalue weighted by atomic mass is 10.2. The number of esters is 1. The maximum absolute atomic E-state index is 13.8. The highest BCUT2D eigenvalue weighted by molar-refractivity contribution is 7.14. The number of thiazole rings is 1. The zero-order valence-electron chi connectivity index (χ0n) is 14.1. The molecule has 138 valence electrons. The van der Waals surface area contributed by atoms with Crippen LogP contribution in [-0.4, -0.2) is 23.0 Å². The molecule has 0 saturated heterocycles. The summed E-state index contributed by atoms with van der Waals surface area (Å²) in [6.45, 7) is 1.40. The summed E-state index contributed by atoms with van der Waals surface area (Å²) in [6, 6.07) is 13.1. The van der Waals surface area contributed by atoms with Gasteiger partial charge in [-0.3, -0.25) is 10.1 Å². The number of hydrogen-bond donors (Lipinski definition) is 1. The molecule has 2 aromatic carbocycles. The summed E-state index contributed by atoms with van der Waals surface area (Å²) in [5, 5.41) is 4.93. The van der Waals surface area contributed by atoms with Crippen molar-refractivity contribution in [2.45, 2.75) is 13.0 Å². The Morgan fingerprint density at radius 1 is 1.22 bits per heavy atom. The molecule has 0 spiro atoms. The smallest absolute Gasteiger partial charge is 0.341 e. The summed E-state index contributed by atoms with van der Waals surface area (Å²) in [5.41, 5.74) is 1.36. The summed E-state index contributed by atoms with van der Waals surface area (Å²) in [7, 11) is 0. The van der Waals surface area contributed by atoms with Gasteiger partial charge in [-0.2, -0.15) is 0 Å². The number of carbonyl (C=O) groups is 2. The number of ether oxygens (including phenoxy) is 1. The maximum Gasteiger partial charge on any atom is 0.341 e. The van der Waals surface area contributed by atoms with Gasteiger partial charge >= 0.3 is 5.97 Å². The van der Waals surface area contributed by atoms with Gasteiger partial charge < -0.3 is 4.74 Å². The van der Waals surface area contributed by atoms with E-state index in [9.17, 15) is 14.0 Å². The Labute approximate surface area is 163 Å². The Balaban J connectivity index is 1.62. The van der Waals surface area contributed by atoms with E-state index in [2.05, 4.69) is 10.3 Å². The highest BCUT2D eigenvalue weighted by atomic mass is 35.5. The second-order valence-electron chi connectivity index (χ2n) is 5.56. The first kappa shape index (κ1) is 19.0. The van der Waals surface area contributed by atoms with E-state index in [0.29, 0.717) is 5.13 Å². The van der Waals surface area contributed by atoms with Crippen LogP contribution in [0, 0.1) is 5.82 Å². The summed E-state index contributed by atoms with van der Waals surface area (Å²) >= 11 is 6.90. The molecule has 1 atom stereocenters. The normalized spacial score (nSPS) is 11.7. The Bertz CT molecular complexity index is 978. The molecule has 8 heteroatoms. The molecule has 0 aliphatic carbocycles. The molecule has 1 unspecified atom stereocenters. The zero-order chi connectivity index (χ0) is 19.4. The summed E-state index contributed by atoms with van der Waals surface area (Å²) < 4.78 is 18.8. The number of rotatable bonds is 5. The van der Waals surface area contributed by atoms with Gasteiger partial charge in [-0.05, 0) is 25.1 Å². The van der Waals surface area contributed by atoms with Crippen molar-refractivity contribution < 1.29 is 18.7 Å². The first-order valence-electron chi connectivity index (χ1n) is 7.92. The molecule has 0 aliphatic heterocycles. The van der Waals surface area contributed by atoms with Crippen molar-refractivity contribution in [3.63, 3.8) is 0 Å². The highest BCUT2D eigenvalue weighted by Gasteiger charge is 2.22. The van der Waals surface area contributed by atoms with Crippen LogP contribution in [0.25, 0.3) is 11.3 Å². The van der Waals surface area contributed by atoms with Crippen LogP contribution >= 0.6 is 22.9 Å². The molecule has 3 rings (SSSR count). The lowest BCUT2D eigenvalue weighted by molar-refractivity contribution is -0.123. The Hall–Kier alpha value is -2.77. The van der Waals surface area contributed by atoms with Crippen LogP contribution in [-0.2, 0) is 9.53 Å². The highest BCUT2D eigenvalue weighted by Crippen LogP contribution is 2.25. The molecule has 27 heavy (non-hydrogen) atoms. The third kappa shape index (κ3) is 4.69. The number of aromatic nitrogens is 1. The molecule has 0 fully saturated rings. The predicted octanol–water partition coefficient (Wildman–Crippen LogP) is 4.79. The van der Waals surface area contributed by atoms with Crippen molar-refractivity contribution in [2.24, 2.45) is 0 Å². The van der Waals surface area contributed by atoms with Crippen molar-refractivity contribution in [2.75, 3.05) is 5.32 Å². The summed E-state index contributed by atoms with van der Waals surface area (Å²) in [4.78, 5) is 28.6. The Morgan fingerprint density at radius 2 is 1.96 bits per heavy atom. The molecule has 0 bridgehead atoms. The number of nitrogens with zero attached hydrogens (tertiary/aromatic N) is 1. The lowest BCUT2D eigenvalue weighted by Gasteiger charge is -2.12.